The van der Waals surface area contributed by atoms with E-state index in [1.54, 1.807) is 0 Å². The number of hydrogen-bond acceptors (Lipinski definition) is 2. The number of H-pyrrole nitrogens is 1. The number of hydrogen-bond donors (Lipinski definition) is 2. The van der Waals surface area contributed by atoms with Crippen LogP contribution in [0.4, 0.5) is 5.69 Å². The number of aliphatic imine (C=N–C) groups is 2. The van der Waals surface area contributed by atoms with Gasteiger partial charge in [-0.05, 0) is 68.3 Å². The first kappa shape index (κ1) is 15.9. The minimum atomic E-state index is 0.120. The zero-order valence-electron chi connectivity index (χ0n) is 15.1. The van der Waals surface area contributed by atoms with E-state index in [9.17, 15) is 0 Å². The Morgan fingerprint density at radius 1 is 1.24 bits per heavy atom. The number of nitrogens with zero attached hydrogens (tertiary/aromatic N) is 2. The molecule has 4 rings (SSSR count). The molecular weight excluding hydrogens is 308 g/mol. The number of amidine groups is 1. The Labute approximate surface area is 148 Å². The van der Waals surface area contributed by atoms with Crippen LogP contribution in [0.2, 0.25) is 0 Å². The molecule has 0 radical (unpaired) electrons. The largest absolute Gasteiger partial charge is 0.361 e. The quantitative estimate of drug-likeness (QED) is 0.786. The molecule has 1 saturated carbocycles. The second kappa shape index (κ2) is 5.73. The minimum absolute atomic E-state index is 0.120. The van der Waals surface area contributed by atoms with E-state index in [4.69, 9.17) is 0 Å². The molecule has 1 aliphatic carbocycles. The first-order valence-corrected chi connectivity index (χ1v) is 8.81. The molecule has 0 atom stereocenters. The van der Waals surface area contributed by atoms with Gasteiger partial charge < -0.3 is 10.3 Å². The number of anilines is 1. The van der Waals surface area contributed by atoms with Gasteiger partial charge in [-0.25, -0.2) is 0 Å². The van der Waals surface area contributed by atoms with Crippen molar-refractivity contribution < 1.29 is 0 Å². The molecule has 2 aliphatic rings. The lowest BCUT2D eigenvalue weighted by atomic mass is 9.64. The molecule has 1 aromatic carbocycles. The Hall–Kier alpha value is -2.62. The van der Waals surface area contributed by atoms with Crippen LogP contribution in [0.15, 0.2) is 34.4 Å². The molecule has 25 heavy (non-hydrogen) atoms. The average molecular weight is 332 g/mol. The predicted molar refractivity (Wildman–Crippen MR) is 107 cm³/mol. The number of fused-ring (bicyclic) bond motifs is 2. The van der Waals surface area contributed by atoms with Gasteiger partial charge in [-0.15, -0.1) is 0 Å². The lowest BCUT2D eigenvalue weighted by molar-refractivity contribution is 0.347. The molecule has 1 aromatic heterocycles. The van der Waals surface area contributed by atoms with E-state index < -0.39 is 0 Å². The summed E-state index contributed by atoms with van der Waals surface area (Å²) < 4.78 is 0. The molecule has 1 fully saturated rings. The van der Waals surface area contributed by atoms with E-state index in [-0.39, 0.29) is 5.41 Å². The minimum Gasteiger partial charge on any atom is -0.361 e. The molecule has 2 heterocycles. The first-order valence-electron chi connectivity index (χ1n) is 8.81. The highest BCUT2D eigenvalue weighted by atomic mass is 15.1. The monoisotopic (exact) mass is 332 g/mol. The summed E-state index contributed by atoms with van der Waals surface area (Å²) in [5, 5.41) is 3.55. The second-order valence-electron chi connectivity index (χ2n) is 7.11. The van der Waals surface area contributed by atoms with Crippen LogP contribution in [0, 0.1) is 13.8 Å². The number of nitrogens with one attached hydrogen (secondary N) is 2. The summed E-state index contributed by atoms with van der Waals surface area (Å²) in [5.41, 5.74) is 8.17. The van der Waals surface area contributed by atoms with E-state index >= 15 is 0 Å². The van der Waals surface area contributed by atoms with Crippen molar-refractivity contribution in [3.63, 3.8) is 0 Å². The molecule has 128 valence electrons. The fraction of sp³-hybridized carbons (Fsp3) is 0.333. The average Bonchev–Trinajstić information content (AvgIpc) is 3.12. The molecule has 0 amide bonds. The molecule has 0 bridgehead atoms. The van der Waals surface area contributed by atoms with Crippen LogP contribution < -0.4 is 5.32 Å². The predicted octanol–water partition coefficient (Wildman–Crippen LogP) is 4.71. The summed E-state index contributed by atoms with van der Waals surface area (Å²) >= 11 is 0. The SMILES string of the molecule is C=N/C(=C\c1[nH]ccc1C)c1cc2c(cc1C)C1(CCC1)C(=NC)N2. The van der Waals surface area contributed by atoms with Gasteiger partial charge in [0, 0.05) is 30.2 Å². The number of aromatic amines is 1. The molecule has 2 N–H and O–H groups in total. The Morgan fingerprint density at radius 2 is 2.04 bits per heavy atom. The maximum Gasteiger partial charge on any atom is 0.111 e. The van der Waals surface area contributed by atoms with Crippen LogP contribution >= 0.6 is 0 Å². The Morgan fingerprint density at radius 3 is 2.60 bits per heavy atom. The van der Waals surface area contributed by atoms with Crippen molar-refractivity contribution in [2.75, 3.05) is 12.4 Å². The van der Waals surface area contributed by atoms with Crippen LogP contribution in [0.3, 0.4) is 0 Å². The summed E-state index contributed by atoms with van der Waals surface area (Å²) in [7, 11) is 1.88. The maximum atomic E-state index is 4.52. The van der Waals surface area contributed by atoms with Crippen molar-refractivity contribution in [1.82, 2.24) is 4.98 Å². The van der Waals surface area contributed by atoms with Gasteiger partial charge in [0.05, 0.1) is 11.1 Å². The highest BCUT2D eigenvalue weighted by Gasteiger charge is 2.49. The Bertz CT molecular complexity index is 910. The van der Waals surface area contributed by atoms with Crippen LogP contribution in [0.25, 0.3) is 11.8 Å². The van der Waals surface area contributed by atoms with Crippen molar-refractivity contribution >= 4 is 30.0 Å². The normalized spacial score (nSPS) is 19.6. The third kappa shape index (κ3) is 2.28. The van der Waals surface area contributed by atoms with Gasteiger partial charge in [0.1, 0.15) is 5.84 Å². The van der Waals surface area contributed by atoms with Crippen molar-refractivity contribution in [2.45, 2.75) is 38.5 Å². The number of rotatable bonds is 3. The van der Waals surface area contributed by atoms with Gasteiger partial charge in [-0.1, -0.05) is 12.5 Å². The van der Waals surface area contributed by atoms with Gasteiger partial charge in [-0.3, -0.25) is 9.98 Å². The summed E-state index contributed by atoms with van der Waals surface area (Å²) in [6, 6.07) is 6.59. The zero-order valence-corrected chi connectivity index (χ0v) is 15.1. The van der Waals surface area contributed by atoms with Crippen LogP contribution in [0.1, 0.15) is 47.2 Å². The highest BCUT2D eigenvalue weighted by Crippen LogP contribution is 2.52. The van der Waals surface area contributed by atoms with Crippen molar-refractivity contribution in [2.24, 2.45) is 9.98 Å². The molecular formula is C21H24N4. The maximum absolute atomic E-state index is 4.52. The fourth-order valence-electron chi connectivity index (χ4n) is 4.13. The molecule has 4 heteroatoms. The van der Waals surface area contributed by atoms with Gasteiger partial charge in [0.25, 0.3) is 0 Å². The van der Waals surface area contributed by atoms with E-state index in [0.717, 1.165) is 22.8 Å². The molecule has 0 unspecified atom stereocenters. The standard InChI is InChI=1S/C21H24N4/c1-13-6-9-24-17(13)12-18(22-3)15-11-19-16(10-14(15)2)21(7-5-8-21)20(23-4)25-19/h6,9-12,24H,3,5,7-8H2,1-2,4H3,(H,23,25)/b18-12-. The smallest absolute Gasteiger partial charge is 0.111 e. The molecule has 1 spiro atoms. The van der Waals surface area contributed by atoms with Crippen LogP contribution in [-0.2, 0) is 5.41 Å². The highest BCUT2D eigenvalue weighted by molar-refractivity contribution is 6.11. The first-order chi connectivity index (χ1) is 12.1. The number of aromatic nitrogens is 1. The third-order valence-corrected chi connectivity index (χ3v) is 5.74. The Balaban J connectivity index is 1.82. The van der Waals surface area contributed by atoms with Crippen molar-refractivity contribution in [1.29, 1.82) is 0 Å². The second-order valence-corrected chi connectivity index (χ2v) is 7.11. The number of aryl methyl sites for hydroxylation is 2. The van der Waals surface area contributed by atoms with E-state index in [2.05, 4.69) is 65.1 Å². The Kier molecular flexibility index (Phi) is 3.64. The topological polar surface area (TPSA) is 52.5 Å². The molecule has 0 saturated heterocycles. The van der Waals surface area contributed by atoms with Crippen molar-refractivity contribution in [3.05, 3.63) is 52.3 Å². The summed E-state index contributed by atoms with van der Waals surface area (Å²) in [4.78, 5) is 12.1. The summed E-state index contributed by atoms with van der Waals surface area (Å²) in [6.45, 7) is 8.04. The lowest BCUT2D eigenvalue weighted by Crippen LogP contribution is -2.41. The molecule has 1 aliphatic heterocycles. The van der Waals surface area contributed by atoms with Crippen LogP contribution in [-0.4, -0.2) is 24.6 Å². The molecule has 2 aromatic rings. The zero-order chi connectivity index (χ0) is 17.6. The third-order valence-electron chi connectivity index (χ3n) is 5.74. The summed E-state index contributed by atoms with van der Waals surface area (Å²) in [5.74, 6) is 1.11. The van der Waals surface area contributed by atoms with E-state index in [1.807, 2.05) is 13.2 Å². The van der Waals surface area contributed by atoms with Gasteiger partial charge in [-0.2, -0.15) is 0 Å². The lowest BCUT2D eigenvalue weighted by Gasteiger charge is -2.38. The number of benzene rings is 1. The van der Waals surface area contributed by atoms with Gasteiger partial charge in [0.15, 0.2) is 0 Å². The van der Waals surface area contributed by atoms with Crippen LogP contribution in [0.5, 0.6) is 0 Å². The van der Waals surface area contributed by atoms with E-state index in [1.165, 1.54) is 41.6 Å². The van der Waals surface area contributed by atoms with E-state index in [0.29, 0.717) is 0 Å². The van der Waals surface area contributed by atoms with Gasteiger partial charge in [0.2, 0.25) is 0 Å². The fourth-order valence-corrected chi connectivity index (χ4v) is 4.13. The van der Waals surface area contributed by atoms with Crippen molar-refractivity contribution in [3.8, 4) is 0 Å². The molecule has 4 nitrogen and oxygen atoms in total. The van der Waals surface area contributed by atoms with Gasteiger partial charge >= 0.3 is 0 Å². The summed E-state index contributed by atoms with van der Waals surface area (Å²) in [6.07, 6.45) is 7.65.